The van der Waals surface area contributed by atoms with Gasteiger partial charge in [-0.2, -0.15) is 5.10 Å². The highest BCUT2D eigenvalue weighted by atomic mass is 16.2. The summed E-state index contributed by atoms with van der Waals surface area (Å²) in [5.74, 6) is -0.155. The summed E-state index contributed by atoms with van der Waals surface area (Å²) >= 11 is 0. The molecule has 2 heterocycles. The van der Waals surface area contributed by atoms with E-state index in [1.807, 2.05) is 0 Å². The molecule has 0 aliphatic rings. The fraction of sp³-hybridized carbons (Fsp3) is 0.364. The second kappa shape index (κ2) is 5.51. The van der Waals surface area contributed by atoms with Crippen molar-refractivity contribution in [1.29, 1.82) is 0 Å². The van der Waals surface area contributed by atoms with E-state index >= 15 is 0 Å². The van der Waals surface area contributed by atoms with Crippen molar-refractivity contribution in [3.63, 3.8) is 0 Å². The smallest absolute Gasteiger partial charge is 0.268 e. The molecule has 9 nitrogen and oxygen atoms in total. The van der Waals surface area contributed by atoms with Crippen molar-refractivity contribution < 1.29 is 9.59 Å². The average molecular weight is 277 g/mol. The highest BCUT2D eigenvalue weighted by Crippen LogP contribution is 2.09. The molecular weight excluding hydrogens is 262 g/mol. The van der Waals surface area contributed by atoms with E-state index in [1.165, 1.54) is 21.8 Å². The molecule has 2 aromatic heterocycles. The molecule has 0 saturated heterocycles. The zero-order chi connectivity index (χ0) is 14.7. The van der Waals surface area contributed by atoms with Crippen LogP contribution in [0.5, 0.6) is 0 Å². The molecule has 0 radical (unpaired) electrons. The van der Waals surface area contributed by atoms with E-state index in [4.69, 9.17) is 5.73 Å². The maximum absolute atomic E-state index is 12.0. The Morgan fingerprint density at radius 1 is 1.45 bits per heavy atom. The minimum Gasteiger partial charge on any atom is -0.396 e. The zero-order valence-corrected chi connectivity index (χ0v) is 11.2. The van der Waals surface area contributed by atoms with Crippen LogP contribution in [-0.2, 0) is 11.3 Å². The molecule has 9 heteroatoms. The van der Waals surface area contributed by atoms with Crippen LogP contribution in [0, 0.1) is 6.92 Å². The second-order valence-electron chi connectivity index (χ2n) is 4.19. The summed E-state index contributed by atoms with van der Waals surface area (Å²) < 4.78 is 2.53. The van der Waals surface area contributed by atoms with E-state index in [0.717, 1.165) is 0 Å². The second-order valence-corrected chi connectivity index (χ2v) is 4.19. The van der Waals surface area contributed by atoms with E-state index in [9.17, 15) is 9.59 Å². The van der Waals surface area contributed by atoms with Crippen molar-refractivity contribution >= 4 is 23.3 Å². The van der Waals surface area contributed by atoms with Crippen molar-refractivity contribution in [3.05, 3.63) is 18.1 Å². The number of hydrogen-bond donors (Lipinski definition) is 2. The van der Waals surface area contributed by atoms with Crippen LogP contribution >= 0.6 is 0 Å². The molecule has 0 spiro atoms. The van der Waals surface area contributed by atoms with Gasteiger partial charge >= 0.3 is 0 Å². The minimum absolute atomic E-state index is 0.0447. The third-order valence-corrected chi connectivity index (χ3v) is 2.71. The number of nitrogens with one attached hydrogen (secondary N) is 1. The molecule has 0 aliphatic heterocycles. The quantitative estimate of drug-likeness (QED) is 0.814. The van der Waals surface area contributed by atoms with Crippen LogP contribution in [0.4, 0.5) is 11.5 Å². The lowest BCUT2D eigenvalue weighted by molar-refractivity contribution is -0.115. The van der Waals surface area contributed by atoms with Gasteiger partial charge in [-0.3, -0.25) is 9.59 Å². The molecule has 3 N–H and O–H groups in total. The Kier molecular flexibility index (Phi) is 3.78. The van der Waals surface area contributed by atoms with Crippen molar-refractivity contribution in [2.24, 2.45) is 0 Å². The van der Waals surface area contributed by atoms with Gasteiger partial charge < -0.3 is 11.1 Å². The van der Waals surface area contributed by atoms with Crippen molar-refractivity contribution in [3.8, 4) is 0 Å². The largest absolute Gasteiger partial charge is 0.396 e. The maximum Gasteiger partial charge on any atom is 0.268 e. The van der Waals surface area contributed by atoms with E-state index in [1.54, 1.807) is 13.8 Å². The van der Waals surface area contributed by atoms with Gasteiger partial charge in [0.05, 0.1) is 23.8 Å². The highest BCUT2D eigenvalue weighted by molar-refractivity contribution is 5.89. The summed E-state index contributed by atoms with van der Waals surface area (Å²) in [7, 11) is 0. The Morgan fingerprint density at radius 3 is 2.80 bits per heavy atom. The lowest BCUT2D eigenvalue weighted by Crippen LogP contribution is -2.20. The fourth-order valence-corrected chi connectivity index (χ4v) is 1.54. The van der Waals surface area contributed by atoms with Gasteiger partial charge in [0.2, 0.25) is 5.91 Å². The van der Waals surface area contributed by atoms with Gasteiger partial charge in [-0.05, 0) is 6.92 Å². The van der Waals surface area contributed by atoms with Crippen LogP contribution in [0.3, 0.4) is 0 Å². The lowest BCUT2D eigenvalue weighted by atomic mass is 10.4. The molecule has 0 unspecified atom stereocenters. The number of nitrogens with zero attached hydrogens (tertiary/aromatic N) is 5. The normalized spacial score (nSPS) is 10.5. The maximum atomic E-state index is 12.0. The molecular formula is C11H15N7O2. The molecule has 0 saturated carbocycles. The molecule has 106 valence electrons. The molecule has 0 bridgehead atoms. The van der Waals surface area contributed by atoms with E-state index < -0.39 is 0 Å². The first-order valence-electron chi connectivity index (χ1n) is 6.04. The van der Waals surface area contributed by atoms with Crippen LogP contribution in [-0.4, -0.2) is 36.6 Å². The molecule has 0 aliphatic carbocycles. The van der Waals surface area contributed by atoms with Gasteiger partial charge in [0.15, 0.2) is 5.82 Å². The third-order valence-electron chi connectivity index (χ3n) is 2.71. The molecule has 2 aromatic rings. The van der Waals surface area contributed by atoms with Gasteiger partial charge in [-0.25, -0.2) is 9.36 Å². The number of aromatic nitrogens is 5. The monoisotopic (exact) mass is 277 g/mol. The van der Waals surface area contributed by atoms with Crippen LogP contribution in [0.15, 0.2) is 12.4 Å². The number of carbonyl (C=O) groups is 2. The predicted octanol–water partition coefficient (Wildman–Crippen LogP) is 0.0541. The first kappa shape index (κ1) is 13.7. The van der Waals surface area contributed by atoms with Gasteiger partial charge in [-0.1, -0.05) is 12.1 Å². The number of carbonyl (C=O) groups excluding carboxylic acids is 2. The zero-order valence-electron chi connectivity index (χ0n) is 11.2. The molecule has 0 atom stereocenters. The van der Waals surface area contributed by atoms with E-state index in [-0.39, 0.29) is 18.4 Å². The van der Waals surface area contributed by atoms with E-state index in [0.29, 0.717) is 23.6 Å². The van der Waals surface area contributed by atoms with Crippen LogP contribution in [0.25, 0.3) is 0 Å². The Balaban J connectivity index is 2.05. The van der Waals surface area contributed by atoms with Crippen LogP contribution in [0.1, 0.15) is 23.8 Å². The summed E-state index contributed by atoms with van der Waals surface area (Å²) in [6.45, 7) is 3.39. The summed E-state index contributed by atoms with van der Waals surface area (Å²) in [5.41, 5.74) is 6.66. The Hall–Kier alpha value is -2.71. The summed E-state index contributed by atoms with van der Waals surface area (Å²) in [4.78, 5) is 23.2. The van der Waals surface area contributed by atoms with Crippen molar-refractivity contribution in [2.45, 2.75) is 26.8 Å². The Labute approximate surface area is 114 Å². The van der Waals surface area contributed by atoms with E-state index in [2.05, 4.69) is 20.7 Å². The van der Waals surface area contributed by atoms with Crippen LogP contribution in [0.2, 0.25) is 0 Å². The van der Waals surface area contributed by atoms with Gasteiger partial charge in [-0.15, -0.1) is 5.10 Å². The number of amides is 1. The number of rotatable bonds is 4. The average Bonchev–Trinajstić information content (AvgIpc) is 2.98. The summed E-state index contributed by atoms with van der Waals surface area (Å²) in [6, 6.07) is 0. The number of nitrogens with two attached hydrogens (primary N) is 1. The SMILES string of the molecule is CCC(=O)Nc1cn(CC(=O)n2ncc(N)c2C)nn1. The van der Waals surface area contributed by atoms with Gasteiger partial charge in [0.1, 0.15) is 6.54 Å². The predicted molar refractivity (Wildman–Crippen MR) is 70.9 cm³/mol. The molecule has 0 aromatic carbocycles. The van der Waals surface area contributed by atoms with Crippen molar-refractivity contribution in [2.75, 3.05) is 11.1 Å². The summed E-state index contributed by atoms with van der Waals surface area (Å²) in [5, 5.41) is 14.0. The number of anilines is 2. The van der Waals surface area contributed by atoms with Crippen LogP contribution < -0.4 is 11.1 Å². The van der Waals surface area contributed by atoms with Gasteiger partial charge in [0.25, 0.3) is 5.91 Å². The Bertz CT molecular complexity index is 643. The van der Waals surface area contributed by atoms with Gasteiger partial charge in [0, 0.05) is 6.42 Å². The first-order valence-corrected chi connectivity index (χ1v) is 6.04. The molecule has 2 rings (SSSR count). The highest BCUT2D eigenvalue weighted by Gasteiger charge is 2.13. The number of hydrogen-bond acceptors (Lipinski definition) is 6. The Morgan fingerprint density at radius 2 is 2.20 bits per heavy atom. The fourth-order valence-electron chi connectivity index (χ4n) is 1.54. The lowest BCUT2D eigenvalue weighted by Gasteiger charge is -2.02. The van der Waals surface area contributed by atoms with Crippen molar-refractivity contribution in [1.82, 2.24) is 24.8 Å². The third kappa shape index (κ3) is 2.82. The standard InChI is InChI=1S/C11H15N7O2/c1-3-10(19)14-9-5-17(16-15-9)6-11(20)18-7(2)8(12)4-13-18/h4-5H,3,6,12H2,1-2H3,(H,14,19). The molecule has 1 amide bonds. The minimum atomic E-state index is -0.294. The molecule has 0 fully saturated rings. The summed E-state index contributed by atoms with van der Waals surface area (Å²) in [6.07, 6.45) is 3.24. The molecule has 20 heavy (non-hydrogen) atoms. The number of nitrogen functional groups attached to an aromatic ring is 1. The first-order chi connectivity index (χ1) is 9.51. The topological polar surface area (TPSA) is 121 Å².